The molecule has 0 spiro atoms. The van der Waals surface area contributed by atoms with Gasteiger partial charge in [0.05, 0.1) is 0 Å². The summed E-state index contributed by atoms with van der Waals surface area (Å²) < 4.78 is 0. The molecule has 0 aromatic heterocycles. The Kier molecular flexibility index (Phi) is 2.95. The maximum absolute atomic E-state index is 7.23. The van der Waals surface area contributed by atoms with Crippen molar-refractivity contribution in [2.24, 2.45) is 0 Å². The molecule has 0 bridgehead atoms. The predicted octanol–water partition coefficient (Wildman–Crippen LogP) is 5.58. The molecular weight excluding hydrogens is 292 g/mol. The van der Waals surface area contributed by atoms with E-state index in [9.17, 15) is 0 Å². The zero-order valence-electron chi connectivity index (χ0n) is 12.0. The van der Waals surface area contributed by atoms with Gasteiger partial charge in [0, 0.05) is 5.54 Å². The SMILES string of the molecule is C[Si](Cl)(C1=CC=CC1)C1c2ccccc2-c2ccccc21. The van der Waals surface area contributed by atoms with Crippen molar-refractivity contribution in [3.8, 4) is 11.1 Å². The lowest BCUT2D eigenvalue weighted by molar-refractivity contribution is 1.13. The first-order valence-corrected chi connectivity index (χ1v) is 11.0. The predicted molar refractivity (Wildman–Crippen MR) is 93.0 cm³/mol. The topological polar surface area (TPSA) is 0 Å². The third kappa shape index (κ3) is 1.88. The molecule has 2 heteroatoms. The molecule has 1 atom stereocenters. The van der Waals surface area contributed by atoms with Crippen molar-refractivity contribution in [2.75, 3.05) is 0 Å². The summed E-state index contributed by atoms with van der Waals surface area (Å²) in [6.45, 7) is 2.30. The Labute approximate surface area is 131 Å². The van der Waals surface area contributed by atoms with E-state index in [1.165, 1.54) is 27.5 Å². The van der Waals surface area contributed by atoms with Crippen molar-refractivity contribution in [3.63, 3.8) is 0 Å². The van der Waals surface area contributed by atoms with E-state index in [2.05, 4.69) is 73.3 Å². The van der Waals surface area contributed by atoms with Crippen molar-refractivity contribution in [1.29, 1.82) is 0 Å². The smallest absolute Gasteiger partial charge is 0.161 e. The molecule has 0 N–H and O–H groups in total. The van der Waals surface area contributed by atoms with Crippen LogP contribution in [0, 0.1) is 0 Å². The van der Waals surface area contributed by atoms with Crippen LogP contribution in [0.15, 0.2) is 72.0 Å². The summed E-state index contributed by atoms with van der Waals surface area (Å²) in [6, 6.07) is 17.5. The van der Waals surface area contributed by atoms with E-state index >= 15 is 0 Å². The summed E-state index contributed by atoms with van der Waals surface area (Å²) in [5.74, 6) is 0. The lowest BCUT2D eigenvalue weighted by Gasteiger charge is -2.30. The second-order valence-electron chi connectivity index (χ2n) is 6.01. The molecule has 2 aliphatic rings. The monoisotopic (exact) mass is 308 g/mol. The molecule has 0 nitrogen and oxygen atoms in total. The van der Waals surface area contributed by atoms with Crippen LogP contribution in [0.1, 0.15) is 23.1 Å². The summed E-state index contributed by atoms with van der Waals surface area (Å²) in [5.41, 5.74) is 5.91. The number of fused-ring (bicyclic) bond motifs is 3. The van der Waals surface area contributed by atoms with Crippen molar-refractivity contribution < 1.29 is 0 Å². The molecule has 104 valence electrons. The van der Waals surface area contributed by atoms with Crippen LogP contribution < -0.4 is 0 Å². The molecule has 1 unspecified atom stereocenters. The normalized spacial score (nSPS) is 19.0. The minimum atomic E-state index is -2.07. The van der Waals surface area contributed by atoms with Crippen LogP contribution in [0.3, 0.4) is 0 Å². The first-order valence-electron chi connectivity index (χ1n) is 7.43. The molecule has 0 saturated carbocycles. The third-order valence-corrected chi connectivity index (χ3v) is 9.49. The summed E-state index contributed by atoms with van der Waals surface area (Å²) in [5, 5.41) is 1.45. The highest BCUT2D eigenvalue weighted by Gasteiger charge is 2.45. The van der Waals surface area contributed by atoms with Crippen molar-refractivity contribution in [1.82, 2.24) is 0 Å². The maximum atomic E-state index is 7.23. The van der Waals surface area contributed by atoms with Gasteiger partial charge in [-0.1, -0.05) is 78.5 Å². The van der Waals surface area contributed by atoms with E-state index in [1.54, 1.807) is 0 Å². The zero-order valence-corrected chi connectivity index (χ0v) is 13.8. The third-order valence-electron chi connectivity index (χ3n) is 4.78. The zero-order chi connectivity index (χ0) is 14.4. The Morgan fingerprint density at radius 3 is 2.05 bits per heavy atom. The molecule has 0 aliphatic heterocycles. The molecule has 21 heavy (non-hydrogen) atoms. The lowest BCUT2D eigenvalue weighted by atomic mass is 10.1. The highest BCUT2D eigenvalue weighted by atomic mass is 35.6. The number of halogens is 1. The summed E-state index contributed by atoms with van der Waals surface area (Å²) in [7, 11) is -2.07. The maximum Gasteiger partial charge on any atom is 0.191 e. The molecule has 2 aromatic carbocycles. The number of hydrogen-bond acceptors (Lipinski definition) is 0. The molecule has 2 aromatic rings. The fourth-order valence-corrected chi connectivity index (χ4v) is 7.84. The quantitative estimate of drug-likeness (QED) is 0.502. The van der Waals surface area contributed by atoms with Gasteiger partial charge >= 0.3 is 0 Å². The molecule has 2 aliphatic carbocycles. The van der Waals surface area contributed by atoms with Crippen molar-refractivity contribution in [2.45, 2.75) is 18.5 Å². The highest BCUT2D eigenvalue weighted by Crippen LogP contribution is 2.52. The van der Waals surface area contributed by atoms with Crippen LogP contribution in [-0.4, -0.2) is 7.38 Å². The summed E-state index contributed by atoms with van der Waals surface area (Å²) in [6.07, 6.45) is 7.63. The van der Waals surface area contributed by atoms with Gasteiger partial charge in [-0.3, -0.25) is 0 Å². The van der Waals surface area contributed by atoms with Crippen LogP contribution in [0.2, 0.25) is 6.55 Å². The van der Waals surface area contributed by atoms with E-state index < -0.39 is 7.38 Å². The van der Waals surface area contributed by atoms with E-state index in [0.29, 0.717) is 5.54 Å². The van der Waals surface area contributed by atoms with Gasteiger partial charge in [0.25, 0.3) is 0 Å². The Morgan fingerprint density at radius 1 is 0.952 bits per heavy atom. The second kappa shape index (κ2) is 4.72. The number of allylic oxidation sites excluding steroid dienone is 4. The molecule has 4 rings (SSSR count). The Balaban J connectivity index is 1.93. The lowest BCUT2D eigenvalue weighted by Crippen LogP contribution is -2.34. The fraction of sp³-hybridized carbons (Fsp3) is 0.158. The molecule has 0 saturated heterocycles. The number of benzene rings is 2. The largest absolute Gasteiger partial charge is 0.191 e. The van der Waals surface area contributed by atoms with Gasteiger partial charge in [0.1, 0.15) is 0 Å². The Hall–Kier alpha value is -1.57. The van der Waals surface area contributed by atoms with E-state index in [-0.39, 0.29) is 0 Å². The average molecular weight is 309 g/mol. The molecule has 0 heterocycles. The summed E-state index contributed by atoms with van der Waals surface area (Å²) in [4.78, 5) is 0. The molecule has 0 radical (unpaired) electrons. The molecule has 0 amide bonds. The fourth-order valence-electron chi connectivity index (χ4n) is 3.73. The van der Waals surface area contributed by atoms with Gasteiger partial charge in [-0.2, -0.15) is 11.1 Å². The number of hydrogen-bond donors (Lipinski definition) is 0. The minimum Gasteiger partial charge on any atom is -0.161 e. The van der Waals surface area contributed by atoms with Gasteiger partial charge < -0.3 is 0 Å². The second-order valence-corrected chi connectivity index (χ2v) is 11.7. The Bertz CT molecular complexity index is 725. The van der Waals surface area contributed by atoms with E-state index in [0.717, 1.165) is 6.42 Å². The van der Waals surface area contributed by atoms with E-state index in [1.807, 2.05) is 0 Å². The van der Waals surface area contributed by atoms with Gasteiger partial charge in [0.2, 0.25) is 0 Å². The van der Waals surface area contributed by atoms with Crippen LogP contribution >= 0.6 is 11.1 Å². The van der Waals surface area contributed by atoms with Gasteiger partial charge in [-0.05, 0) is 28.7 Å². The Morgan fingerprint density at radius 2 is 1.52 bits per heavy atom. The first-order chi connectivity index (χ1) is 10.2. The van der Waals surface area contributed by atoms with E-state index in [4.69, 9.17) is 11.1 Å². The van der Waals surface area contributed by atoms with Crippen LogP contribution in [-0.2, 0) is 0 Å². The average Bonchev–Trinajstić information content (AvgIpc) is 3.14. The standard InChI is InChI=1S/C19H17ClSi/c1-21(20,14-8-2-3-9-14)19-17-12-6-4-10-15(17)16-11-5-7-13-18(16)19/h2-8,10-13,19H,9H2,1H3. The van der Waals surface area contributed by atoms with Crippen LogP contribution in [0.4, 0.5) is 0 Å². The minimum absolute atomic E-state index is 0.359. The van der Waals surface area contributed by atoms with Crippen molar-refractivity contribution >= 4 is 18.5 Å². The van der Waals surface area contributed by atoms with Gasteiger partial charge in [-0.25, -0.2) is 0 Å². The first kappa shape index (κ1) is 13.1. The molecule has 0 fully saturated rings. The van der Waals surface area contributed by atoms with Crippen molar-refractivity contribution in [3.05, 3.63) is 83.1 Å². The van der Waals surface area contributed by atoms with Crippen LogP contribution in [0.25, 0.3) is 11.1 Å². The van der Waals surface area contributed by atoms with Gasteiger partial charge in [0.15, 0.2) is 7.38 Å². The number of rotatable bonds is 2. The van der Waals surface area contributed by atoms with Crippen LogP contribution in [0.5, 0.6) is 0 Å². The van der Waals surface area contributed by atoms with Gasteiger partial charge in [-0.15, -0.1) is 0 Å². The molecular formula is C19H17ClSi. The highest BCUT2D eigenvalue weighted by molar-refractivity contribution is 7.24. The summed E-state index contributed by atoms with van der Waals surface area (Å²) >= 11 is 7.23.